The van der Waals surface area contributed by atoms with Gasteiger partial charge in [0.15, 0.2) is 0 Å². The zero-order valence-electron chi connectivity index (χ0n) is 11.7. The monoisotopic (exact) mass is 337 g/mol. The van der Waals surface area contributed by atoms with E-state index in [1.54, 1.807) is 11.3 Å². The van der Waals surface area contributed by atoms with Gasteiger partial charge in [0.2, 0.25) is 11.1 Å². The van der Waals surface area contributed by atoms with E-state index in [2.05, 4.69) is 25.8 Å². The molecule has 0 unspecified atom stereocenters. The first kappa shape index (κ1) is 15.0. The molecule has 2 aromatic rings. The number of carbonyl (C=O) groups is 2. The number of aromatic nitrogens is 3. The van der Waals surface area contributed by atoms with Crippen LogP contribution in [0.3, 0.4) is 0 Å². The van der Waals surface area contributed by atoms with Crippen LogP contribution < -0.4 is 10.6 Å². The quantitative estimate of drug-likeness (QED) is 0.699. The minimum atomic E-state index is -0.493. The number of thioether (sulfide) groups is 1. The second-order valence-corrected chi connectivity index (χ2v) is 6.85. The van der Waals surface area contributed by atoms with Gasteiger partial charge in [-0.2, -0.15) is 0 Å². The molecular weight excluding hydrogens is 322 g/mol. The molecule has 116 valence electrons. The fourth-order valence-electron chi connectivity index (χ4n) is 1.78. The van der Waals surface area contributed by atoms with Gasteiger partial charge in [0.1, 0.15) is 5.82 Å². The summed E-state index contributed by atoms with van der Waals surface area (Å²) < 4.78 is 0. The van der Waals surface area contributed by atoms with Crippen LogP contribution in [0, 0.1) is 0 Å². The predicted octanol–water partition coefficient (Wildman–Crippen LogP) is 1.86. The number of H-pyrrole nitrogens is 1. The van der Waals surface area contributed by atoms with Gasteiger partial charge in [-0.25, -0.2) is 9.78 Å². The lowest BCUT2D eigenvalue weighted by atomic mass is 10.4. The van der Waals surface area contributed by atoms with Crippen LogP contribution in [0.5, 0.6) is 0 Å². The van der Waals surface area contributed by atoms with Crippen LogP contribution in [0.25, 0.3) is 0 Å². The second-order valence-electron chi connectivity index (χ2n) is 4.88. The molecule has 3 amide bonds. The van der Waals surface area contributed by atoms with Crippen molar-refractivity contribution in [3.05, 3.63) is 28.2 Å². The van der Waals surface area contributed by atoms with Gasteiger partial charge >= 0.3 is 6.03 Å². The Morgan fingerprint density at radius 2 is 2.32 bits per heavy atom. The number of urea groups is 1. The van der Waals surface area contributed by atoms with E-state index in [0.717, 1.165) is 23.5 Å². The number of nitrogens with one attached hydrogen (secondary N) is 3. The lowest BCUT2D eigenvalue weighted by Crippen LogP contribution is -2.39. The zero-order chi connectivity index (χ0) is 15.4. The summed E-state index contributed by atoms with van der Waals surface area (Å²) in [5.74, 6) is 1.12. The largest absolute Gasteiger partial charge is 0.333 e. The normalized spacial score (nSPS) is 13.8. The third-order valence-corrected chi connectivity index (χ3v) is 4.76. The minimum absolute atomic E-state index is 0.106. The maximum absolute atomic E-state index is 11.7. The summed E-state index contributed by atoms with van der Waals surface area (Å²) in [6.07, 6.45) is 2.29. The Morgan fingerprint density at radius 1 is 1.45 bits per heavy atom. The summed E-state index contributed by atoms with van der Waals surface area (Å²) >= 11 is 2.76. The third kappa shape index (κ3) is 4.31. The Bertz CT molecular complexity index is 651. The highest BCUT2D eigenvalue weighted by molar-refractivity contribution is 7.99. The van der Waals surface area contributed by atoms with Crippen LogP contribution in [0.2, 0.25) is 0 Å². The lowest BCUT2D eigenvalue weighted by Gasteiger charge is -2.04. The fraction of sp³-hybridized carbons (Fsp3) is 0.385. The average Bonchev–Trinajstić information content (AvgIpc) is 3.03. The number of rotatable bonds is 6. The fourth-order valence-corrected chi connectivity index (χ4v) is 3.03. The van der Waals surface area contributed by atoms with E-state index in [9.17, 15) is 9.59 Å². The molecule has 1 fully saturated rings. The van der Waals surface area contributed by atoms with Gasteiger partial charge in [-0.1, -0.05) is 17.8 Å². The molecule has 3 rings (SSSR count). The van der Waals surface area contributed by atoms with Crippen LogP contribution in [0.4, 0.5) is 4.79 Å². The van der Waals surface area contributed by atoms with Crippen LogP contribution >= 0.6 is 23.1 Å². The maximum Gasteiger partial charge on any atom is 0.321 e. The third-order valence-electron chi connectivity index (χ3n) is 3.03. The number of hydrogen-bond acceptors (Lipinski definition) is 6. The van der Waals surface area contributed by atoms with Gasteiger partial charge in [-0.3, -0.25) is 15.2 Å². The molecule has 1 aliphatic carbocycles. The Labute approximate surface area is 135 Å². The molecule has 2 aromatic heterocycles. The van der Waals surface area contributed by atoms with E-state index >= 15 is 0 Å². The molecule has 0 aliphatic heterocycles. The molecule has 9 heteroatoms. The van der Waals surface area contributed by atoms with E-state index in [4.69, 9.17) is 0 Å². The van der Waals surface area contributed by atoms with Gasteiger partial charge in [0.25, 0.3) is 0 Å². The van der Waals surface area contributed by atoms with Gasteiger partial charge in [-0.05, 0) is 24.3 Å². The van der Waals surface area contributed by atoms with Crippen LogP contribution in [-0.2, 0) is 11.3 Å². The molecule has 0 saturated heterocycles. The SMILES string of the molecule is O=C(CSc1n[nH]c(C2CC2)n1)NC(=O)NCc1cccs1. The Morgan fingerprint density at radius 3 is 3.05 bits per heavy atom. The van der Waals surface area contributed by atoms with E-state index in [-0.39, 0.29) is 11.7 Å². The van der Waals surface area contributed by atoms with Crippen LogP contribution in [0.15, 0.2) is 22.7 Å². The highest BCUT2D eigenvalue weighted by Gasteiger charge is 2.27. The summed E-state index contributed by atoms with van der Waals surface area (Å²) in [6, 6.07) is 3.34. The van der Waals surface area contributed by atoms with Gasteiger partial charge in [0, 0.05) is 10.8 Å². The molecule has 1 saturated carbocycles. The first-order valence-corrected chi connectivity index (χ1v) is 8.72. The van der Waals surface area contributed by atoms with Crippen molar-refractivity contribution in [1.29, 1.82) is 0 Å². The molecule has 1 aliphatic rings. The lowest BCUT2D eigenvalue weighted by molar-refractivity contribution is -0.117. The number of amides is 3. The van der Waals surface area contributed by atoms with Crippen LogP contribution in [0.1, 0.15) is 29.5 Å². The van der Waals surface area contributed by atoms with E-state index in [0.29, 0.717) is 17.6 Å². The van der Waals surface area contributed by atoms with Gasteiger partial charge in [-0.15, -0.1) is 16.4 Å². The molecular formula is C13H15N5O2S2. The first-order chi connectivity index (χ1) is 10.7. The summed E-state index contributed by atoms with van der Waals surface area (Å²) in [5.41, 5.74) is 0. The van der Waals surface area contributed by atoms with Crippen molar-refractivity contribution >= 4 is 35.0 Å². The average molecular weight is 337 g/mol. The Kier molecular flexibility index (Phi) is 4.74. The van der Waals surface area contributed by atoms with Crippen molar-refractivity contribution in [2.24, 2.45) is 0 Å². The van der Waals surface area contributed by atoms with E-state index in [1.807, 2.05) is 17.5 Å². The standard InChI is InChI=1S/C13H15N5O2S2/c19-10(15-12(20)14-6-9-2-1-5-21-9)7-22-13-16-11(17-18-13)8-3-4-8/h1-2,5,8H,3-4,6-7H2,(H,16,17,18)(H2,14,15,19,20). The molecule has 0 spiro atoms. The second kappa shape index (κ2) is 6.93. The number of carbonyl (C=O) groups excluding carboxylic acids is 2. The first-order valence-electron chi connectivity index (χ1n) is 6.86. The molecule has 0 bridgehead atoms. The number of aromatic amines is 1. The Balaban J connectivity index is 1.36. The predicted molar refractivity (Wildman–Crippen MR) is 83.8 cm³/mol. The molecule has 0 atom stereocenters. The smallest absolute Gasteiger partial charge is 0.321 e. The van der Waals surface area contributed by atoms with Crippen LogP contribution in [-0.4, -0.2) is 32.9 Å². The topological polar surface area (TPSA) is 99.8 Å². The summed E-state index contributed by atoms with van der Waals surface area (Å²) in [7, 11) is 0. The summed E-state index contributed by atoms with van der Waals surface area (Å²) in [5, 5.41) is 14.3. The van der Waals surface area contributed by atoms with Crippen molar-refractivity contribution in [3.8, 4) is 0 Å². The van der Waals surface area contributed by atoms with Crippen molar-refractivity contribution in [1.82, 2.24) is 25.8 Å². The number of thiophene rings is 1. The van der Waals surface area contributed by atoms with E-state index < -0.39 is 6.03 Å². The highest BCUT2D eigenvalue weighted by Crippen LogP contribution is 2.38. The maximum atomic E-state index is 11.7. The zero-order valence-corrected chi connectivity index (χ0v) is 13.3. The molecule has 22 heavy (non-hydrogen) atoms. The van der Waals surface area contributed by atoms with E-state index in [1.165, 1.54) is 11.8 Å². The van der Waals surface area contributed by atoms with Gasteiger partial charge < -0.3 is 5.32 Å². The highest BCUT2D eigenvalue weighted by atomic mass is 32.2. The van der Waals surface area contributed by atoms with Crippen molar-refractivity contribution in [3.63, 3.8) is 0 Å². The van der Waals surface area contributed by atoms with Gasteiger partial charge in [0.05, 0.1) is 12.3 Å². The number of imide groups is 1. The Hall–Kier alpha value is -1.87. The minimum Gasteiger partial charge on any atom is -0.333 e. The summed E-state index contributed by atoms with van der Waals surface area (Å²) in [4.78, 5) is 28.6. The molecule has 3 N–H and O–H groups in total. The van der Waals surface area contributed by atoms with Crippen molar-refractivity contribution < 1.29 is 9.59 Å². The number of nitrogens with zero attached hydrogens (tertiary/aromatic N) is 2. The number of hydrogen-bond donors (Lipinski definition) is 3. The van der Waals surface area contributed by atoms with Crippen molar-refractivity contribution in [2.45, 2.75) is 30.5 Å². The molecule has 2 heterocycles. The molecule has 7 nitrogen and oxygen atoms in total. The molecule has 0 radical (unpaired) electrons. The molecule has 0 aromatic carbocycles. The van der Waals surface area contributed by atoms with Crippen molar-refractivity contribution in [2.75, 3.05) is 5.75 Å². The summed E-state index contributed by atoms with van der Waals surface area (Å²) in [6.45, 7) is 0.412.